The Bertz CT molecular complexity index is 1150. The number of benzene rings is 3. The molecule has 1 N–H and O–H groups in total. The number of rotatable bonds is 10. The number of anilines is 1. The molecule has 0 heterocycles. The van der Waals surface area contributed by atoms with Gasteiger partial charge in [0.1, 0.15) is 5.75 Å². The van der Waals surface area contributed by atoms with Gasteiger partial charge in [0, 0.05) is 12.1 Å². The summed E-state index contributed by atoms with van der Waals surface area (Å²) < 4.78 is 31.6. The van der Waals surface area contributed by atoms with Crippen molar-refractivity contribution in [2.45, 2.75) is 26.3 Å². The first kappa shape index (κ1) is 24.3. The van der Waals surface area contributed by atoms with Gasteiger partial charge < -0.3 is 10.1 Å². The zero-order valence-electron chi connectivity index (χ0n) is 19.2. The first-order chi connectivity index (χ1) is 15.8. The Morgan fingerprint density at radius 1 is 0.970 bits per heavy atom. The van der Waals surface area contributed by atoms with Gasteiger partial charge in [-0.25, -0.2) is 8.42 Å². The van der Waals surface area contributed by atoms with Crippen LogP contribution in [0.1, 0.15) is 41.3 Å². The molecule has 0 spiro atoms. The van der Waals surface area contributed by atoms with Gasteiger partial charge in [-0.1, -0.05) is 49.4 Å². The smallest absolute Gasteiger partial charge is 0.251 e. The first-order valence-electron chi connectivity index (χ1n) is 10.9. The maximum atomic E-state index is 12.6. The van der Waals surface area contributed by atoms with E-state index in [1.54, 1.807) is 48.5 Å². The summed E-state index contributed by atoms with van der Waals surface area (Å²) in [6.45, 7) is 5.20. The lowest BCUT2D eigenvalue weighted by molar-refractivity contribution is 0.0951. The molecule has 0 unspecified atom stereocenters. The van der Waals surface area contributed by atoms with Crippen LogP contribution in [0, 0.1) is 0 Å². The molecule has 33 heavy (non-hydrogen) atoms. The van der Waals surface area contributed by atoms with Crippen LogP contribution < -0.4 is 14.4 Å². The van der Waals surface area contributed by atoms with Gasteiger partial charge in [0.05, 0.1) is 25.1 Å². The molecule has 0 saturated carbocycles. The molecule has 7 heteroatoms. The maximum absolute atomic E-state index is 12.6. The standard InChI is InChI=1S/C26H30N2O4S/c1-4-32-25-16-14-24(15-17-25)28(33(3,30)31)19-21-10-12-23(13-11-21)26(29)27-18-20(2)22-8-6-5-7-9-22/h5-17,20H,4,18-19H2,1-3H3,(H,27,29)/t20-/m0/s1. The zero-order chi connectivity index (χ0) is 23.8. The summed E-state index contributed by atoms with van der Waals surface area (Å²) >= 11 is 0. The molecule has 1 amide bonds. The molecule has 0 aromatic heterocycles. The first-order valence-corrected chi connectivity index (χ1v) is 12.8. The Morgan fingerprint density at radius 2 is 1.61 bits per heavy atom. The minimum absolute atomic E-state index is 0.157. The van der Waals surface area contributed by atoms with E-state index in [-0.39, 0.29) is 18.4 Å². The average molecular weight is 467 g/mol. The van der Waals surface area contributed by atoms with Gasteiger partial charge in [-0.3, -0.25) is 9.10 Å². The maximum Gasteiger partial charge on any atom is 0.251 e. The van der Waals surface area contributed by atoms with Crippen molar-refractivity contribution in [2.24, 2.45) is 0 Å². The normalized spacial score (nSPS) is 12.1. The SMILES string of the molecule is CCOc1ccc(N(Cc2ccc(C(=O)NC[C@H](C)c3ccccc3)cc2)S(C)(=O)=O)cc1. The summed E-state index contributed by atoms with van der Waals surface area (Å²) in [5, 5.41) is 2.97. The third kappa shape index (κ3) is 6.83. The predicted octanol–water partition coefficient (Wildman–Crippen LogP) is 4.59. The highest BCUT2D eigenvalue weighted by Crippen LogP contribution is 2.24. The number of amides is 1. The van der Waals surface area contributed by atoms with Crippen molar-refractivity contribution < 1.29 is 17.9 Å². The molecule has 3 rings (SSSR count). The van der Waals surface area contributed by atoms with Crippen LogP contribution in [0.2, 0.25) is 0 Å². The number of hydrogen-bond donors (Lipinski definition) is 1. The topological polar surface area (TPSA) is 75.7 Å². The van der Waals surface area contributed by atoms with Crippen molar-refractivity contribution in [3.8, 4) is 5.75 Å². The van der Waals surface area contributed by atoms with Gasteiger partial charge >= 0.3 is 0 Å². The van der Waals surface area contributed by atoms with Crippen molar-refractivity contribution >= 4 is 21.6 Å². The van der Waals surface area contributed by atoms with Gasteiger partial charge in [-0.05, 0) is 60.4 Å². The van der Waals surface area contributed by atoms with E-state index in [1.807, 2.05) is 37.3 Å². The minimum Gasteiger partial charge on any atom is -0.494 e. The average Bonchev–Trinajstić information content (AvgIpc) is 2.82. The Kier molecular flexibility index (Phi) is 8.11. The van der Waals surface area contributed by atoms with Crippen LogP contribution in [-0.2, 0) is 16.6 Å². The van der Waals surface area contributed by atoms with Crippen molar-refractivity contribution in [3.63, 3.8) is 0 Å². The van der Waals surface area contributed by atoms with Crippen molar-refractivity contribution in [2.75, 3.05) is 23.7 Å². The second-order valence-corrected chi connectivity index (χ2v) is 9.82. The number of nitrogens with zero attached hydrogens (tertiary/aromatic N) is 1. The fourth-order valence-electron chi connectivity index (χ4n) is 3.45. The van der Waals surface area contributed by atoms with E-state index in [0.717, 1.165) is 5.56 Å². The summed E-state index contributed by atoms with van der Waals surface area (Å²) in [5.41, 5.74) is 3.04. The number of nitrogens with one attached hydrogen (secondary N) is 1. The third-order valence-electron chi connectivity index (χ3n) is 5.32. The summed E-state index contributed by atoms with van der Waals surface area (Å²) in [6.07, 6.45) is 1.18. The minimum atomic E-state index is -3.50. The molecule has 0 fully saturated rings. The quantitative estimate of drug-likeness (QED) is 0.474. The number of carbonyl (C=O) groups is 1. The van der Waals surface area contributed by atoms with Crippen LogP contribution >= 0.6 is 0 Å². The fourth-order valence-corrected chi connectivity index (χ4v) is 4.34. The molecular weight excluding hydrogens is 436 g/mol. The van der Waals surface area contributed by atoms with Crippen molar-refractivity contribution in [1.29, 1.82) is 0 Å². The van der Waals surface area contributed by atoms with E-state index in [0.29, 0.717) is 30.2 Å². The van der Waals surface area contributed by atoms with Crippen molar-refractivity contribution in [3.05, 3.63) is 95.6 Å². The zero-order valence-corrected chi connectivity index (χ0v) is 20.0. The second-order valence-electron chi connectivity index (χ2n) is 7.92. The molecule has 174 valence electrons. The van der Waals surface area contributed by atoms with E-state index < -0.39 is 10.0 Å². The van der Waals surface area contributed by atoms with E-state index in [4.69, 9.17) is 4.74 Å². The third-order valence-corrected chi connectivity index (χ3v) is 6.46. The predicted molar refractivity (Wildman–Crippen MR) is 132 cm³/mol. The molecule has 0 saturated heterocycles. The second kappa shape index (κ2) is 11.0. The monoisotopic (exact) mass is 466 g/mol. The number of hydrogen-bond acceptors (Lipinski definition) is 4. The number of ether oxygens (including phenoxy) is 1. The summed E-state index contributed by atoms with van der Waals surface area (Å²) in [4.78, 5) is 12.6. The lowest BCUT2D eigenvalue weighted by Gasteiger charge is -2.23. The van der Waals surface area contributed by atoms with Crippen LogP contribution in [0.4, 0.5) is 5.69 Å². The Labute approximate surface area is 196 Å². The van der Waals surface area contributed by atoms with E-state index in [1.165, 1.54) is 16.1 Å². The summed E-state index contributed by atoms with van der Waals surface area (Å²) in [6, 6.07) is 24.0. The molecule has 1 atom stereocenters. The van der Waals surface area contributed by atoms with Crippen LogP contribution in [0.3, 0.4) is 0 Å². The Balaban J connectivity index is 1.65. The van der Waals surface area contributed by atoms with Crippen LogP contribution in [0.15, 0.2) is 78.9 Å². The van der Waals surface area contributed by atoms with Crippen LogP contribution in [0.25, 0.3) is 0 Å². The molecule has 0 aliphatic heterocycles. The highest BCUT2D eigenvalue weighted by atomic mass is 32.2. The lowest BCUT2D eigenvalue weighted by Crippen LogP contribution is -2.29. The van der Waals surface area contributed by atoms with Gasteiger partial charge in [-0.2, -0.15) is 0 Å². The highest BCUT2D eigenvalue weighted by molar-refractivity contribution is 7.92. The van der Waals surface area contributed by atoms with E-state index >= 15 is 0 Å². The lowest BCUT2D eigenvalue weighted by atomic mass is 10.0. The van der Waals surface area contributed by atoms with Gasteiger partial charge in [-0.15, -0.1) is 0 Å². The van der Waals surface area contributed by atoms with Crippen molar-refractivity contribution in [1.82, 2.24) is 5.32 Å². The van der Waals surface area contributed by atoms with Gasteiger partial charge in [0.25, 0.3) is 5.91 Å². The van der Waals surface area contributed by atoms with E-state index in [2.05, 4.69) is 12.2 Å². The highest BCUT2D eigenvalue weighted by Gasteiger charge is 2.18. The van der Waals surface area contributed by atoms with E-state index in [9.17, 15) is 13.2 Å². The molecule has 0 aliphatic rings. The number of sulfonamides is 1. The Hall–Kier alpha value is -3.32. The molecule has 3 aromatic rings. The summed E-state index contributed by atoms with van der Waals surface area (Å²) in [5.74, 6) is 0.731. The van der Waals surface area contributed by atoms with Gasteiger partial charge in [0.2, 0.25) is 10.0 Å². The van der Waals surface area contributed by atoms with Gasteiger partial charge in [0.15, 0.2) is 0 Å². The fraction of sp³-hybridized carbons (Fsp3) is 0.269. The summed E-state index contributed by atoms with van der Waals surface area (Å²) in [7, 11) is -3.50. The van der Waals surface area contributed by atoms with Crippen LogP contribution in [-0.4, -0.2) is 33.7 Å². The molecule has 3 aromatic carbocycles. The largest absolute Gasteiger partial charge is 0.494 e. The molecule has 0 radical (unpaired) electrons. The Morgan fingerprint density at radius 3 is 2.18 bits per heavy atom. The number of carbonyl (C=O) groups excluding carboxylic acids is 1. The van der Waals surface area contributed by atoms with Crippen LogP contribution in [0.5, 0.6) is 5.75 Å². The molecular formula is C26H30N2O4S. The molecule has 6 nitrogen and oxygen atoms in total. The molecule has 0 bridgehead atoms. The molecule has 0 aliphatic carbocycles.